The van der Waals surface area contributed by atoms with Crippen molar-refractivity contribution >= 4 is 11.9 Å². The molecule has 2 heteroatoms. The summed E-state index contributed by atoms with van der Waals surface area (Å²) in [6.07, 6.45) is 5.09. The lowest BCUT2D eigenvalue weighted by atomic mass is 9.92. The normalized spacial score (nSPS) is 19.5. The predicted molar refractivity (Wildman–Crippen MR) is 57.9 cm³/mol. The van der Waals surface area contributed by atoms with Crippen molar-refractivity contribution in [1.29, 1.82) is 0 Å². The summed E-state index contributed by atoms with van der Waals surface area (Å²) in [5.74, 6) is -0.0899. The first-order valence-corrected chi connectivity index (χ1v) is 5.25. The molecule has 15 heavy (non-hydrogen) atoms. The van der Waals surface area contributed by atoms with Crippen molar-refractivity contribution in [3.05, 3.63) is 41.2 Å². The summed E-state index contributed by atoms with van der Waals surface area (Å²) in [4.78, 5) is 11.5. The number of rotatable bonds is 1. The van der Waals surface area contributed by atoms with Crippen LogP contribution in [-0.2, 0) is 4.79 Å². The Labute approximate surface area is 88.6 Å². The molecule has 0 atom stereocenters. The number of allylic oxidation sites excluding steroid dienone is 1. The fourth-order valence-corrected chi connectivity index (χ4v) is 1.83. The van der Waals surface area contributed by atoms with Gasteiger partial charge in [-0.3, -0.25) is 4.79 Å². The fraction of sp³-hybridized carbons (Fsp3) is 0.308. The van der Waals surface area contributed by atoms with E-state index in [9.17, 15) is 9.18 Å². The summed E-state index contributed by atoms with van der Waals surface area (Å²) in [5.41, 5.74) is 1.29. The van der Waals surface area contributed by atoms with Crippen molar-refractivity contribution in [2.24, 2.45) is 0 Å². The van der Waals surface area contributed by atoms with Crippen molar-refractivity contribution in [3.8, 4) is 0 Å². The van der Waals surface area contributed by atoms with Gasteiger partial charge in [-0.15, -0.1) is 0 Å². The molecule has 0 bridgehead atoms. The van der Waals surface area contributed by atoms with Crippen LogP contribution in [0.2, 0.25) is 0 Å². The quantitative estimate of drug-likeness (QED) is 0.641. The Morgan fingerprint density at radius 1 is 1.13 bits per heavy atom. The molecule has 78 valence electrons. The first-order chi connectivity index (χ1) is 7.27. The molecule has 0 N–H and O–H groups in total. The minimum absolute atomic E-state index is 0.171. The van der Waals surface area contributed by atoms with E-state index in [4.69, 9.17) is 0 Å². The molecular formula is C13H13FO. The van der Waals surface area contributed by atoms with Crippen molar-refractivity contribution < 1.29 is 9.18 Å². The summed E-state index contributed by atoms with van der Waals surface area (Å²) in [6.45, 7) is 0. The average Bonchev–Trinajstić information content (AvgIpc) is 2.24. The van der Waals surface area contributed by atoms with E-state index in [-0.39, 0.29) is 11.6 Å². The van der Waals surface area contributed by atoms with Crippen LogP contribution in [0.1, 0.15) is 31.2 Å². The molecule has 1 aromatic carbocycles. The molecule has 0 heterocycles. The number of ketones is 1. The van der Waals surface area contributed by atoms with Gasteiger partial charge in [0.1, 0.15) is 5.82 Å². The van der Waals surface area contributed by atoms with Crippen molar-refractivity contribution in [1.82, 2.24) is 0 Å². The van der Waals surface area contributed by atoms with E-state index in [2.05, 4.69) is 0 Å². The summed E-state index contributed by atoms with van der Waals surface area (Å²) >= 11 is 0. The zero-order valence-electron chi connectivity index (χ0n) is 8.50. The van der Waals surface area contributed by atoms with Crippen LogP contribution < -0.4 is 0 Å². The van der Waals surface area contributed by atoms with E-state index in [0.29, 0.717) is 12.0 Å². The van der Waals surface area contributed by atoms with Gasteiger partial charge in [0.15, 0.2) is 5.78 Å². The molecule has 1 aromatic rings. The standard InChI is InChI=1S/C13H13FO/c14-12-7-3-1-5-10(12)9-11-6-2-4-8-13(11)15/h1,3,5,7,9H,2,4,6,8H2. The maximum Gasteiger partial charge on any atom is 0.158 e. The molecule has 1 fully saturated rings. The van der Waals surface area contributed by atoms with Crippen LogP contribution in [0, 0.1) is 5.82 Å². The lowest BCUT2D eigenvalue weighted by molar-refractivity contribution is -0.116. The van der Waals surface area contributed by atoms with Gasteiger partial charge in [0.25, 0.3) is 0 Å². The first-order valence-electron chi connectivity index (χ1n) is 5.25. The van der Waals surface area contributed by atoms with Gasteiger partial charge < -0.3 is 0 Å². The third-order valence-electron chi connectivity index (χ3n) is 2.69. The van der Waals surface area contributed by atoms with E-state index in [0.717, 1.165) is 24.8 Å². The van der Waals surface area contributed by atoms with E-state index < -0.39 is 0 Å². The molecule has 2 rings (SSSR count). The van der Waals surface area contributed by atoms with Crippen LogP contribution in [0.4, 0.5) is 4.39 Å². The predicted octanol–water partition coefficient (Wildman–Crippen LogP) is 3.35. The maximum atomic E-state index is 13.3. The molecule has 0 unspecified atom stereocenters. The number of carbonyl (C=O) groups excluding carboxylic acids is 1. The molecule has 1 saturated carbocycles. The second kappa shape index (κ2) is 4.39. The van der Waals surface area contributed by atoms with Crippen molar-refractivity contribution in [3.63, 3.8) is 0 Å². The monoisotopic (exact) mass is 204 g/mol. The minimum atomic E-state index is -0.261. The molecule has 1 aliphatic rings. The minimum Gasteiger partial charge on any atom is -0.295 e. The maximum absolute atomic E-state index is 13.3. The van der Waals surface area contributed by atoms with Crippen LogP contribution in [0.25, 0.3) is 6.08 Å². The molecular weight excluding hydrogens is 191 g/mol. The highest BCUT2D eigenvalue weighted by molar-refractivity contribution is 6.00. The van der Waals surface area contributed by atoms with Gasteiger partial charge in [-0.1, -0.05) is 18.2 Å². The Hall–Kier alpha value is -1.44. The number of halogens is 1. The summed E-state index contributed by atoms with van der Waals surface area (Å²) < 4.78 is 13.3. The Morgan fingerprint density at radius 2 is 1.87 bits per heavy atom. The average molecular weight is 204 g/mol. The number of hydrogen-bond donors (Lipinski definition) is 0. The van der Waals surface area contributed by atoms with E-state index >= 15 is 0 Å². The SMILES string of the molecule is O=C1CCCCC1=Cc1ccccc1F. The third kappa shape index (κ3) is 2.32. The zero-order chi connectivity index (χ0) is 10.7. The first kappa shape index (κ1) is 10.1. The molecule has 0 spiro atoms. The van der Waals surface area contributed by atoms with Crippen LogP contribution in [0.15, 0.2) is 29.8 Å². The Morgan fingerprint density at radius 3 is 2.60 bits per heavy atom. The topological polar surface area (TPSA) is 17.1 Å². The van der Waals surface area contributed by atoms with Crippen LogP contribution in [0.3, 0.4) is 0 Å². The highest BCUT2D eigenvalue weighted by Crippen LogP contribution is 2.22. The zero-order valence-corrected chi connectivity index (χ0v) is 8.50. The number of Topliss-reactive ketones (excluding diaryl/α,β-unsaturated/α-hetero) is 1. The largest absolute Gasteiger partial charge is 0.295 e. The van der Waals surface area contributed by atoms with Gasteiger partial charge >= 0.3 is 0 Å². The van der Waals surface area contributed by atoms with Gasteiger partial charge in [0.05, 0.1) is 0 Å². The van der Waals surface area contributed by atoms with E-state index in [1.807, 2.05) is 0 Å². The highest BCUT2D eigenvalue weighted by atomic mass is 19.1. The Bertz CT molecular complexity index is 407. The molecule has 0 aromatic heterocycles. The van der Waals surface area contributed by atoms with Gasteiger partial charge in [0, 0.05) is 12.0 Å². The van der Waals surface area contributed by atoms with Gasteiger partial charge in [-0.25, -0.2) is 4.39 Å². The molecule has 0 aliphatic heterocycles. The molecule has 0 radical (unpaired) electrons. The van der Waals surface area contributed by atoms with Gasteiger partial charge in [0.2, 0.25) is 0 Å². The Balaban J connectivity index is 2.29. The van der Waals surface area contributed by atoms with Gasteiger partial charge in [-0.05, 0) is 37.0 Å². The fourth-order valence-electron chi connectivity index (χ4n) is 1.83. The highest BCUT2D eigenvalue weighted by Gasteiger charge is 2.14. The number of carbonyl (C=O) groups is 1. The van der Waals surface area contributed by atoms with Gasteiger partial charge in [-0.2, -0.15) is 0 Å². The second-order valence-corrected chi connectivity index (χ2v) is 3.82. The molecule has 1 nitrogen and oxygen atoms in total. The third-order valence-corrected chi connectivity index (χ3v) is 2.69. The van der Waals surface area contributed by atoms with Crippen LogP contribution in [0.5, 0.6) is 0 Å². The van der Waals surface area contributed by atoms with E-state index in [1.165, 1.54) is 6.07 Å². The second-order valence-electron chi connectivity index (χ2n) is 3.82. The number of hydrogen-bond acceptors (Lipinski definition) is 1. The molecule has 0 amide bonds. The summed E-state index contributed by atoms with van der Waals surface area (Å²) in [6, 6.07) is 6.55. The molecule has 1 aliphatic carbocycles. The summed E-state index contributed by atoms with van der Waals surface area (Å²) in [5, 5.41) is 0. The van der Waals surface area contributed by atoms with E-state index in [1.54, 1.807) is 24.3 Å². The van der Waals surface area contributed by atoms with Crippen LogP contribution in [-0.4, -0.2) is 5.78 Å². The molecule has 0 saturated heterocycles. The Kier molecular flexibility index (Phi) is 2.95. The summed E-state index contributed by atoms with van der Waals surface area (Å²) in [7, 11) is 0. The number of benzene rings is 1. The van der Waals surface area contributed by atoms with Crippen LogP contribution >= 0.6 is 0 Å². The van der Waals surface area contributed by atoms with Crippen molar-refractivity contribution in [2.75, 3.05) is 0 Å². The lowest BCUT2D eigenvalue weighted by Crippen LogP contribution is -2.08. The smallest absolute Gasteiger partial charge is 0.158 e. The van der Waals surface area contributed by atoms with Crippen molar-refractivity contribution in [2.45, 2.75) is 25.7 Å². The lowest BCUT2D eigenvalue weighted by Gasteiger charge is -2.12.